The normalized spacial score (nSPS) is 12.5. The highest BCUT2D eigenvalue weighted by Gasteiger charge is 2.07. The molecular weight excluding hydrogens is 188 g/mol. The maximum Gasteiger partial charge on any atom is 0.122 e. The van der Waals surface area contributed by atoms with Gasteiger partial charge >= 0.3 is 0 Å². The Kier molecular flexibility index (Phi) is 5.19. The molecule has 0 fully saturated rings. The van der Waals surface area contributed by atoms with E-state index in [2.05, 4.69) is 26.0 Å². The van der Waals surface area contributed by atoms with Gasteiger partial charge in [-0.05, 0) is 30.5 Å². The summed E-state index contributed by atoms with van der Waals surface area (Å²) in [4.78, 5) is 0. The zero-order chi connectivity index (χ0) is 11.1. The minimum Gasteiger partial charge on any atom is -0.488 e. The van der Waals surface area contributed by atoms with Crippen LogP contribution in [0, 0.1) is 0 Å². The largest absolute Gasteiger partial charge is 0.488 e. The Morgan fingerprint density at radius 2 is 2.07 bits per heavy atom. The summed E-state index contributed by atoms with van der Waals surface area (Å²) in [5, 5.41) is 0. The maximum absolute atomic E-state index is 5.82. The second-order valence-corrected chi connectivity index (χ2v) is 3.60. The van der Waals surface area contributed by atoms with Crippen LogP contribution in [-0.4, -0.2) is 19.8 Å². The van der Waals surface area contributed by atoms with E-state index in [0.717, 1.165) is 18.6 Å². The molecule has 0 aliphatic carbocycles. The summed E-state index contributed by atoms with van der Waals surface area (Å²) >= 11 is 0. The highest BCUT2D eigenvalue weighted by Crippen LogP contribution is 2.16. The minimum atomic E-state index is 0.155. The standard InChI is InChI=1S/C13H20O2/c1-4-11-7-6-8-13(9-11)15-12(5-2)10-14-3/h6-9,12H,4-5,10H2,1-3H3. The number of benzene rings is 1. The summed E-state index contributed by atoms with van der Waals surface area (Å²) < 4.78 is 10.9. The predicted octanol–water partition coefficient (Wildman–Crippen LogP) is 3.05. The quantitative estimate of drug-likeness (QED) is 0.715. The molecule has 0 spiro atoms. The number of aryl methyl sites for hydroxylation is 1. The molecule has 0 bridgehead atoms. The van der Waals surface area contributed by atoms with Crippen molar-refractivity contribution in [2.24, 2.45) is 0 Å². The number of methoxy groups -OCH3 is 1. The van der Waals surface area contributed by atoms with Crippen molar-refractivity contribution in [3.8, 4) is 5.75 Å². The third-order valence-corrected chi connectivity index (χ3v) is 2.42. The summed E-state index contributed by atoms with van der Waals surface area (Å²) in [5.74, 6) is 0.943. The minimum absolute atomic E-state index is 0.155. The van der Waals surface area contributed by atoms with Crippen molar-refractivity contribution in [1.29, 1.82) is 0 Å². The van der Waals surface area contributed by atoms with Gasteiger partial charge in [0.25, 0.3) is 0 Å². The molecule has 1 aromatic carbocycles. The fourth-order valence-corrected chi connectivity index (χ4v) is 1.45. The fraction of sp³-hybridized carbons (Fsp3) is 0.538. The third kappa shape index (κ3) is 3.92. The van der Waals surface area contributed by atoms with Gasteiger partial charge in [0, 0.05) is 7.11 Å². The summed E-state index contributed by atoms with van der Waals surface area (Å²) in [6, 6.07) is 8.24. The van der Waals surface area contributed by atoms with Crippen LogP contribution in [0.1, 0.15) is 25.8 Å². The van der Waals surface area contributed by atoms with Crippen molar-refractivity contribution in [3.63, 3.8) is 0 Å². The average molecular weight is 208 g/mol. The van der Waals surface area contributed by atoms with Gasteiger partial charge < -0.3 is 9.47 Å². The molecule has 0 saturated heterocycles. The summed E-state index contributed by atoms with van der Waals surface area (Å²) in [7, 11) is 1.70. The second kappa shape index (κ2) is 6.46. The van der Waals surface area contributed by atoms with Gasteiger partial charge in [-0.2, -0.15) is 0 Å². The molecule has 0 saturated carbocycles. The monoisotopic (exact) mass is 208 g/mol. The predicted molar refractivity (Wildman–Crippen MR) is 62.4 cm³/mol. The smallest absolute Gasteiger partial charge is 0.122 e. The van der Waals surface area contributed by atoms with E-state index in [-0.39, 0.29) is 6.10 Å². The molecule has 1 atom stereocenters. The summed E-state index contributed by atoms with van der Waals surface area (Å²) in [6.07, 6.45) is 2.16. The molecule has 0 aliphatic heterocycles. The molecule has 1 unspecified atom stereocenters. The van der Waals surface area contributed by atoms with Crippen molar-refractivity contribution in [3.05, 3.63) is 29.8 Å². The van der Waals surface area contributed by atoms with E-state index in [1.165, 1.54) is 5.56 Å². The first-order valence-electron chi connectivity index (χ1n) is 5.54. The summed E-state index contributed by atoms with van der Waals surface area (Å²) in [5.41, 5.74) is 1.31. The van der Waals surface area contributed by atoms with Crippen LogP contribution in [0.5, 0.6) is 5.75 Å². The van der Waals surface area contributed by atoms with Crippen LogP contribution in [0.15, 0.2) is 24.3 Å². The van der Waals surface area contributed by atoms with Crippen molar-refractivity contribution in [2.45, 2.75) is 32.8 Å². The molecule has 84 valence electrons. The summed E-state index contributed by atoms with van der Waals surface area (Å²) in [6.45, 7) is 4.89. The molecule has 0 radical (unpaired) electrons. The molecule has 15 heavy (non-hydrogen) atoms. The number of ether oxygens (including phenoxy) is 2. The van der Waals surface area contributed by atoms with Crippen LogP contribution in [0.2, 0.25) is 0 Å². The van der Waals surface area contributed by atoms with Gasteiger partial charge in [0.1, 0.15) is 11.9 Å². The highest BCUT2D eigenvalue weighted by atomic mass is 16.5. The van der Waals surface area contributed by atoms with E-state index < -0.39 is 0 Å². The number of hydrogen-bond acceptors (Lipinski definition) is 2. The zero-order valence-electron chi connectivity index (χ0n) is 9.82. The van der Waals surface area contributed by atoms with E-state index in [0.29, 0.717) is 6.61 Å². The Bertz CT molecular complexity index is 284. The number of hydrogen-bond donors (Lipinski definition) is 0. The van der Waals surface area contributed by atoms with Crippen molar-refractivity contribution in [2.75, 3.05) is 13.7 Å². The Morgan fingerprint density at radius 3 is 2.67 bits per heavy atom. The lowest BCUT2D eigenvalue weighted by molar-refractivity contribution is 0.0787. The van der Waals surface area contributed by atoms with Gasteiger partial charge in [-0.3, -0.25) is 0 Å². The molecule has 0 N–H and O–H groups in total. The van der Waals surface area contributed by atoms with Gasteiger partial charge in [0.15, 0.2) is 0 Å². The van der Waals surface area contributed by atoms with E-state index in [9.17, 15) is 0 Å². The molecule has 1 rings (SSSR count). The zero-order valence-corrected chi connectivity index (χ0v) is 9.82. The Morgan fingerprint density at radius 1 is 1.27 bits per heavy atom. The molecule has 0 heterocycles. The van der Waals surface area contributed by atoms with Gasteiger partial charge in [-0.1, -0.05) is 26.0 Å². The average Bonchev–Trinajstić information content (AvgIpc) is 2.29. The highest BCUT2D eigenvalue weighted by molar-refractivity contribution is 5.28. The maximum atomic E-state index is 5.82. The van der Waals surface area contributed by atoms with Crippen LogP contribution in [-0.2, 0) is 11.2 Å². The van der Waals surface area contributed by atoms with Crippen LogP contribution in [0.3, 0.4) is 0 Å². The van der Waals surface area contributed by atoms with Crippen LogP contribution >= 0.6 is 0 Å². The Balaban J connectivity index is 2.61. The van der Waals surface area contributed by atoms with Crippen LogP contribution in [0.25, 0.3) is 0 Å². The lowest BCUT2D eigenvalue weighted by Crippen LogP contribution is -2.21. The van der Waals surface area contributed by atoms with E-state index in [1.54, 1.807) is 7.11 Å². The molecule has 0 aromatic heterocycles. The van der Waals surface area contributed by atoms with Crippen molar-refractivity contribution in [1.82, 2.24) is 0 Å². The Labute approximate surface area is 92.2 Å². The molecule has 0 aliphatic rings. The van der Waals surface area contributed by atoms with Gasteiger partial charge in [0.2, 0.25) is 0 Å². The molecule has 1 aromatic rings. The van der Waals surface area contributed by atoms with Crippen molar-refractivity contribution >= 4 is 0 Å². The van der Waals surface area contributed by atoms with E-state index >= 15 is 0 Å². The SMILES string of the molecule is CCc1cccc(OC(CC)COC)c1. The van der Waals surface area contributed by atoms with E-state index in [4.69, 9.17) is 9.47 Å². The lowest BCUT2D eigenvalue weighted by atomic mass is 10.1. The third-order valence-electron chi connectivity index (χ3n) is 2.42. The van der Waals surface area contributed by atoms with Crippen LogP contribution in [0.4, 0.5) is 0 Å². The Hall–Kier alpha value is -1.02. The second-order valence-electron chi connectivity index (χ2n) is 3.60. The lowest BCUT2D eigenvalue weighted by Gasteiger charge is -2.16. The molecule has 2 heteroatoms. The fourth-order valence-electron chi connectivity index (χ4n) is 1.45. The van der Waals surface area contributed by atoms with Crippen molar-refractivity contribution < 1.29 is 9.47 Å². The van der Waals surface area contributed by atoms with Gasteiger partial charge in [0.05, 0.1) is 6.61 Å². The first-order valence-corrected chi connectivity index (χ1v) is 5.54. The first-order chi connectivity index (χ1) is 7.30. The first kappa shape index (κ1) is 12.1. The van der Waals surface area contributed by atoms with E-state index in [1.807, 2.05) is 12.1 Å². The van der Waals surface area contributed by atoms with Gasteiger partial charge in [-0.25, -0.2) is 0 Å². The molecule has 0 amide bonds. The molecular formula is C13H20O2. The van der Waals surface area contributed by atoms with Crippen LogP contribution < -0.4 is 4.74 Å². The number of rotatable bonds is 6. The topological polar surface area (TPSA) is 18.5 Å². The van der Waals surface area contributed by atoms with Gasteiger partial charge in [-0.15, -0.1) is 0 Å². The molecule has 2 nitrogen and oxygen atoms in total.